The van der Waals surface area contributed by atoms with Crippen molar-refractivity contribution in [2.75, 3.05) is 13.2 Å². The monoisotopic (exact) mass is 332 g/mol. The summed E-state index contributed by atoms with van der Waals surface area (Å²) in [6.07, 6.45) is 8.55. The normalized spacial score (nSPS) is 21.3. The van der Waals surface area contributed by atoms with Crippen LogP contribution in [0.4, 0.5) is 0 Å². The van der Waals surface area contributed by atoms with Crippen molar-refractivity contribution in [3.8, 4) is 12.3 Å². The highest BCUT2D eigenvalue weighted by atomic mass is 16.5. The molecular weight excluding hydrogens is 308 g/mol. The third-order valence-electron chi connectivity index (χ3n) is 4.33. The molecule has 1 N–H and O–H groups in total. The number of hydrogen-bond acceptors (Lipinski definition) is 4. The van der Waals surface area contributed by atoms with Gasteiger partial charge in [-0.3, -0.25) is 14.3 Å². The Morgan fingerprint density at radius 2 is 2.33 bits per heavy atom. The van der Waals surface area contributed by atoms with Crippen LogP contribution in [0.5, 0.6) is 0 Å². The fourth-order valence-corrected chi connectivity index (χ4v) is 2.78. The van der Waals surface area contributed by atoms with Gasteiger partial charge in [-0.05, 0) is 27.2 Å². The minimum atomic E-state index is -0.610. The van der Waals surface area contributed by atoms with Crippen molar-refractivity contribution >= 4 is 11.8 Å². The molecule has 1 aromatic heterocycles. The zero-order valence-electron chi connectivity index (χ0n) is 14.4. The molecule has 0 saturated carbocycles. The number of rotatable bonds is 6. The Morgan fingerprint density at radius 3 is 2.96 bits per heavy atom. The lowest BCUT2D eigenvalue weighted by Crippen LogP contribution is -2.47. The number of aromatic nitrogens is 2. The molecule has 0 bridgehead atoms. The Hall–Kier alpha value is -2.33. The van der Waals surface area contributed by atoms with Crippen LogP contribution in [-0.2, 0) is 16.1 Å². The van der Waals surface area contributed by atoms with Gasteiger partial charge in [0.05, 0.1) is 17.8 Å². The van der Waals surface area contributed by atoms with Crippen LogP contribution in [0, 0.1) is 12.3 Å². The molecular formula is C17H24N4O3. The number of terminal acetylenes is 1. The number of likely N-dealkylation sites (tertiary alicyclic amines) is 1. The third kappa shape index (κ3) is 3.95. The average molecular weight is 332 g/mol. The molecule has 7 heteroatoms. The maximum Gasteiger partial charge on any atom is 0.257 e. The van der Waals surface area contributed by atoms with Gasteiger partial charge in [-0.25, -0.2) is 0 Å². The Morgan fingerprint density at radius 1 is 1.58 bits per heavy atom. The van der Waals surface area contributed by atoms with Crippen molar-refractivity contribution < 1.29 is 14.3 Å². The summed E-state index contributed by atoms with van der Waals surface area (Å²) in [5.74, 6) is 2.07. The van der Waals surface area contributed by atoms with E-state index in [1.54, 1.807) is 28.9 Å². The molecule has 2 amide bonds. The average Bonchev–Trinajstić information content (AvgIpc) is 3.19. The lowest BCUT2D eigenvalue weighted by atomic mass is 10.1. The van der Waals surface area contributed by atoms with E-state index < -0.39 is 6.10 Å². The van der Waals surface area contributed by atoms with E-state index in [0.717, 1.165) is 6.54 Å². The zero-order chi connectivity index (χ0) is 17.7. The zero-order valence-corrected chi connectivity index (χ0v) is 14.4. The van der Waals surface area contributed by atoms with Crippen molar-refractivity contribution in [3.05, 3.63) is 18.0 Å². The van der Waals surface area contributed by atoms with Gasteiger partial charge in [0, 0.05) is 25.3 Å². The number of nitrogens with one attached hydrogen (secondary N) is 1. The number of ether oxygens (including phenoxy) is 1. The Labute approximate surface area is 142 Å². The summed E-state index contributed by atoms with van der Waals surface area (Å²) in [5, 5.41) is 7.08. The van der Waals surface area contributed by atoms with Crippen LogP contribution in [0.3, 0.4) is 0 Å². The molecule has 0 aliphatic carbocycles. The summed E-state index contributed by atoms with van der Waals surface area (Å²) in [7, 11) is 0. The molecule has 1 aromatic rings. The molecule has 2 rings (SSSR count). The van der Waals surface area contributed by atoms with Crippen LogP contribution in [0.1, 0.15) is 37.6 Å². The van der Waals surface area contributed by atoms with Crippen molar-refractivity contribution in [2.45, 2.75) is 51.9 Å². The third-order valence-corrected chi connectivity index (χ3v) is 4.33. The van der Waals surface area contributed by atoms with Gasteiger partial charge < -0.3 is 15.0 Å². The number of aryl methyl sites for hydroxylation is 1. The Balaban J connectivity index is 1.94. The smallest absolute Gasteiger partial charge is 0.257 e. The molecule has 1 aliphatic heterocycles. The van der Waals surface area contributed by atoms with E-state index in [2.05, 4.69) is 16.3 Å². The molecule has 2 heterocycles. The fourth-order valence-electron chi connectivity index (χ4n) is 2.78. The van der Waals surface area contributed by atoms with E-state index in [4.69, 9.17) is 11.2 Å². The Bertz CT molecular complexity index is 634. The van der Waals surface area contributed by atoms with Crippen LogP contribution < -0.4 is 5.32 Å². The first-order valence-electron chi connectivity index (χ1n) is 8.16. The number of nitrogens with zero attached hydrogens (tertiary/aromatic N) is 3. The van der Waals surface area contributed by atoms with E-state index >= 15 is 0 Å². The second-order valence-corrected chi connectivity index (χ2v) is 5.88. The highest BCUT2D eigenvalue weighted by Gasteiger charge is 2.36. The van der Waals surface area contributed by atoms with Gasteiger partial charge in [-0.2, -0.15) is 5.10 Å². The number of carbonyl (C=O) groups excluding carboxylic acids is 2. The van der Waals surface area contributed by atoms with Crippen LogP contribution in [-0.4, -0.2) is 57.8 Å². The molecule has 0 radical (unpaired) electrons. The maximum absolute atomic E-state index is 12.6. The topological polar surface area (TPSA) is 76.5 Å². The molecule has 24 heavy (non-hydrogen) atoms. The van der Waals surface area contributed by atoms with Crippen molar-refractivity contribution in [1.82, 2.24) is 20.0 Å². The number of amides is 2. The molecule has 0 spiro atoms. The molecule has 3 atom stereocenters. The van der Waals surface area contributed by atoms with Gasteiger partial charge in [0.2, 0.25) is 5.91 Å². The van der Waals surface area contributed by atoms with Gasteiger partial charge in [-0.15, -0.1) is 6.42 Å². The molecule has 1 fully saturated rings. The molecule has 1 aliphatic rings. The number of carbonyl (C=O) groups is 2. The van der Waals surface area contributed by atoms with E-state index in [0.29, 0.717) is 18.5 Å². The summed E-state index contributed by atoms with van der Waals surface area (Å²) in [6, 6.07) is -0.189. The highest BCUT2D eigenvalue weighted by molar-refractivity contribution is 5.94. The van der Waals surface area contributed by atoms with Crippen molar-refractivity contribution in [2.24, 2.45) is 0 Å². The molecule has 7 nitrogen and oxygen atoms in total. The highest BCUT2D eigenvalue weighted by Crippen LogP contribution is 2.20. The van der Waals surface area contributed by atoms with Gasteiger partial charge in [0.1, 0.15) is 12.7 Å². The van der Waals surface area contributed by atoms with E-state index in [-0.39, 0.29) is 30.5 Å². The van der Waals surface area contributed by atoms with E-state index in [9.17, 15) is 9.59 Å². The second kappa shape index (κ2) is 7.97. The first-order valence-corrected chi connectivity index (χ1v) is 8.16. The predicted molar refractivity (Wildman–Crippen MR) is 89.2 cm³/mol. The van der Waals surface area contributed by atoms with Gasteiger partial charge in [0.15, 0.2) is 0 Å². The molecule has 1 unspecified atom stereocenters. The summed E-state index contributed by atoms with van der Waals surface area (Å²) < 4.78 is 6.94. The SMILES string of the molecule is C#CCOC(C)C(=O)N[C@@H]1CCN(C(=O)c2cnn(CC)c2)[C@@H]1C. The maximum atomic E-state index is 12.6. The van der Waals surface area contributed by atoms with E-state index in [1.165, 1.54) is 0 Å². The summed E-state index contributed by atoms with van der Waals surface area (Å²) in [5.41, 5.74) is 0.571. The van der Waals surface area contributed by atoms with Gasteiger partial charge >= 0.3 is 0 Å². The lowest BCUT2D eigenvalue weighted by Gasteiger charge is -2.25. The first-order chi connectivity index (χ1) is 11.5. The van der Waals surface area contributed by atoms with Crippen LogP contribution >= 0.6 is 0 Å². The molecule has 1 saturated heterocycles. The molecule has 130 valence electrons. The minimum absolute atomic E-state index is 0.0596. The van der Waals surface area contributed by atoms with Crippen molar-refractivity contribution in [1.29, 1.82) is 0 Å². The predicted octanol–water partition coefficient (Wildman–Crippen LogP) is 0.660. The minimum Gasteiger partial charge on any atom is -0.356 e. The van der Waals surface area contributed by atoms with E-state index in [1.807, 2.05) is 13.8 Å². The molecule has 0 aromatic carbocycles. The van der Waals surface area contributed by atoms with Gasteiger partial charge in [0.25, 0.3) is 5.91 Å². The first kappa shape index (κ1) is 18.0. The van der Waals surface area contributed by atoms with Crippen molar-refractivity contribution in [3.63, 3.8) is 0 Å². The summed E-state index contributed by atoms with van der Waals surface area (Å²) in [4.78, 5) is 26.5. The summed E-state index contributed by atoms with van der Waals surface area (Å²) in [6.45, 7) is 6.98. The fraction of sp³-hybridized carbons (Fsp3) is 0.588. The largest absolute Gasteiger partial charge is 0.356 e. The quantitative estimate of drug-likeness (QED) is 0.777. The van der Waals surface area contributed by atoms with Crippen LogP contribution in [0.25, 0.3) is 0 Å². The lowest BCUT2D eigenvalue weighted by molar-refractivity contribution is -0.131. The standard InChI is InChI=1S/C17H24N4O3/c1-5-9-24-13(4)16(22)19-15-7-8-21(12(15)3)17(23)14-10-18-20(6-2)11-14/h1,10-13,15H,6-9H2,2-4H3,(H,19,22)/t12-,13?,15-/m1/s1. The number of hydrogen-bond donors (Lipinski definition) is 1. The van der Waals surface area contributed by atoms with Gasteiger partial charge in [-0.1, -0.05) is 5.92 Å². The Kier molecular flexibility index (Phi) is 5.99. The van der Waals surface area contributed by atoms with Crippen LogP contribution in [0.2, 0.25) is 0 Å². The van der Waals surface area contributed by atoms with Crippen LogP contribution in [0.15, 0.2) is 12.4 Å². The second-order valence-electron chi connectivity index (χ2n) is 5.88. The summed E-state index contributed by atoms with van der Waals surface area (Å²) >= 11 is 0.